The third-order valence-corrected chi connectivity index (χ3v) is 6.09. The van der Waals surface area contributed by atoms with Crippen molar-refractivity contribution >= 4 is 27.6 Å². The number of nitrogens with one attached hydrogen (secondary N) is 1. The molecule has 1 aromatic carbocycles. The molecule has 1 fully saturated rings. The summed E-state index contributed by atoms with van der Waals surface area (Å²) in [5, 5.41) is 2.63. The molecule has 1 heterocycles. The fourth-order valence-corrected chi connectivity index (χ4v) is 4.27. The lowest BCUT2D eigenvalue weighted by Crippen LogP contribution is -2.31. The van der Waals surface area contributed by atoms with Crippen LogP contribution in [0, 0.1) is 5.41 Å². The second-order valence-corrected chi connectivity index (χ2v) is 9.93. The molecule has 0 bridgehead atoms. The molecule has 1 atom stereocenters. The number of carbonyl (C=O) groups is 2. The first-order valence-electron chi connectivity index (χ1n) is 9.10. The van der Waals surface area contributed by atoms with Crippen molar-refractivity contribution in [2.45, 2.75) is 58.0 Å². The first-order valence-corrected chi connectivity index (χ1v) is 10.5. The van der Waals surface area contributed by atoms with Crippen LogP contribution in [-0.4, -0.2) is 43.8 Å². The Balaban J connectivity index is 1.95. The van der Waals surface area contributed by atoms with E-state index in [0.717, 1.165) is 12.8 Å². The Bertz CT molecular complexity index is 775. The fraction of sp³-hybridized carbons (Fsp3) is 0.579. The van der Waals surface area contributed by atoms with Gasteiger partial charge < -0.3 is 10.1 Å². The summed E-state index contributed by atoms with van der Waals surface area (Å²) in [6.07, 6.45) is 1.03. The van der Waals surface area contributed by atoms with Crippen LogP contribution in [0.5, 0.6) is 0 Å². The second-order valence-electron chi connectivity index (χ2n) is 7.99. The molecular weight excluding hydrogens is 368 g/mol. The summed E-state index contributed by atoms with van der Waals surface area (Å²) in [6.45, 7) is 8.32. The van der Waals surface area contributed by atoms with Crippen molar-refractivity contribution in [2.75, 3.05) is 18.4 Å². The van der Waals surface area contributed by atoms with Gasteiger partial charge in [-0.05, 0) is 49.4 Å². The topological polar surface area (TPSA) is 92.8 Å². The van der Waals surface area contributed by atoms with Gasteiger partial charge in [0.1, 0.15) is 0 Å². The molecular formula is C19H28N2O5S. The zero-order valence-electron chi connectivity index (χ0n) is 16.3. The van der Waals surface area contributed by atoms with E-state index in [-0.39, 0.29) is 16.7 Å². The third-order valence-electron chi connectivity index (χ3n) is 4.18. The van der Waals surface area contributed by atoms with E-state index in [1.165, 1.54) is 35.5 Å². The van der Waals surface area contributed by atoms with Crippen LogP contribution in [0.4, 0.5) is 5.69 Å². The maximum absolute atomic E-state index is 12.5. The molecule has 0 spiro atoms. The molecule has 0 aromatic heterocycles. The summed E-state index contributed by atoms with van der Waals surface area (Å²) >= 11 is 0. The predicted octanol–water partition coefficient (Wildman–Crippen LogP) is 2.78. The number of nitrogens with zero attached hydrogens (tertiary/aromatic N) is 1. The van der Waals surface area contributed by atoms with E-state index in [9.17, 15) is 18.0 Å². The zero-order chi connectivity index (χ0) is 20.2. The molecule has 1 saturated heterocycles. The van der Waals surface area contributed by atoms with E-state index in [1.807, 2.05) is 20.8 Å². The molecule has 27 heavy (non-hydrogen) atoms. The highest BCUT2D eigenvalue weighted by Gasteiger charge is 2.27. The van der Waals surface area contributed by atoms with Crippen molar-refractivity contribution in [2.24, 2.45) is 5.41 Å². The summed E-state index contributed by atoms with van der Waals surface area (Å²) in [5.41, 5.74) is 0.225. The molecule has 1 N–H and O–H groups in total. The minimum absolute atomic E-state index is 0.201. The molecule has 1 aliphatic rings. The van der Waals surface area contributed by atoms with Gasteiger partial charge in [-0.3, -0.25) is 9.59 Å². The number of sulfonamides is 1. The van der Waals surface area contributed by atoms with Crippen LogP contribution in [0.2, 0.25) is 0 Å². The summed E-state index contributed by atoms with van der Waals surface area (Å²) < 4.78 is 31.6. The SMILES string of the molecule is C[C@@H](OC(=O)CC(C)(C)C)C(=O)Nc1ccc(S(=O)(=O)N2CCCC2)cc1. The molecule has 1 aliphatic heterocycles. The number of rotatable bonds is 6. The highest BCUT2D eigenvalue weighted by Crippen LogP contribution is 2.22. The number of esters is 1. The van der Waals surface area contributed by atoms with Crippen LogP contribution in [0.3, 0.4) is 0 Å². The third kappa shape index (κ3) is 6.04. The predicted molar refractivity (Wildman–Crippen MR) is 103 cm³/mol. The van der Waals surface area contributed by atoms with Crippen LogP contribution < -0.4 is 5.32 Å². The highest BCUT2D eigenvalue weighted by molar-refractivity contribution is 7.89. The van der Waals surface area contributed by atoms with Crippen LogP contribution in [0.15, 0.2) is 29.2 Å². The van der Waals surface area contributed by atoms with Gasteiger partial charge >= 0.3 is 5.97 Å². The molecule has 1 aromatic rings. The van der Waals surface area contributed by atoms with Crippen LogP contribution in [0.25, 0.3) is 0 Å². The Hall–Kier alpha value is -1.93. The second kappa shape index (κ2) is 8.39. The van der Waals surface area contributed by atoms with E-state index < -0.39 is 28.0 Å². The molecule has 7 nitrogen and oxygen atoms in total. The number of benzene rings is 1. The lowest BCUT2D eigenvalue weighted by atomic mass is 9.92. The van der Waals surface area contributed by atoms with E-state index in [2.05, 4.69) is 5.32 Å². The van der Waals surface area contributed by atoms with Gasteiger partial charge in [0.15, 0.2) is 6.10 Å². The summed E-state index contributed by atoms with van der Waals surface area (Å²) in [7, 11) is -3.48. The molecule has 1 amide bonds. The van der Waals surface area contributed by atoms with Gasteiger partial charge in [0.05, 0.1) is 11.3 Å². The number of hydrogen-bond donors (Lipinski definition) is 1. The normalized spacial score (nSPS) is 16.7. The van der Waals surface area contributed by atoms with E-state index >= 15 is 0 Å². The molecule has 2 rings (SSSR count). The fourth-order valence-electron chi connectivity index (χ4n) is 2.76. The Kier molecular flexibility index (Phi) is 6.64. The summed E-state index contributed by atoms with van der Waals surface area (Å²) in [6, 6.07) is 6.01. The lowest BCUT2D eigenvalue weighted by Gasteiger charge is -2.19. The number of ether oxygens (including phenoxy) is 1. The largest absolute Gasteiger partial charge is 0.453 e. The van der Waals surface area contributed by atoms with Gasteiger partial charge in [-0.1, -0.05) is 20.8 Å². The quantitative estimate of drug-likeness (QED) is 0.747. The average Bonchev–Trinajstić information content (AvgIpc) is 3.08. The van der Waals surface area contributed by atoms with E-state index in [0.29, 0.717) is 18.8 Å². The Morgan fingerprint density at radius 2 is 1.70 bits per heavy atom. The van der Waals surface area contributed by atoms with E-state index in [4.69, 9.17) is 4.74 Å². The van der Waals surface area contributed by atoms with Gasteiger partial charge in [-0.2, -0.15) is 4.31 Å². The first-order chi connectivity index (χ1) is 12.5. The highest BCUT2D eigenvalue weighted by atomic mass is 32.2. The van der Waals surface area contributed by atoms with Crippen molar-refractivity contribution in [3.05, 3.63) is 24.3 Å². The van der Waals surface area contributed by atoms with Crippen molar-refractivity contribution in [3.8, 4) is 0 Å². The molecule has 0 unspecified atom stereocenters. The van der Waals surface area contributed by atoms with Crippen molar-refractivity contribution < 1.29 is 22.7 Å². The average molecular weight is 397 g/mol. The first kappa shape index (κ1) is 21.4. The maximum Gasteiger partial charge on any atom is 0.307 e. The minimum atomic E-state index is -3.48. The number of anilines is 1. The minimum Gasteiger partial charge on any atom is -0.453 e. The number of amides is 1. The standard InChI is InChI=1S/C19H28N2O5S/c1-14(26-17(22)13-19(2,3)4)18(23)20-15-7-9-16(10-8-15)27(24,25)21-11-5-6-12-21/h7-10,14H,5-6,11-13H2,1-4H3,(H,20,23)/t14-/m1/s1. The van der Waals surface area contributed by atoms with Crippen LogP contribution >= 0.6 is 0 Å². The van der Waals surface area contributed by atoms with Crippen molar-refractivity contribution in [1.29, 1.82) is 0 Å². The Morgan fingerprint density at radius 3 is 2.22 bits per heavy atom. The van der Waals surface area contributed by atoms with E-state index in [1.54, 1.807) is 0 Å². The smallest absolute Gasteiger partial charge is 0.307 e. The maximum atomic E-state index is 12.5. The zero-order valence-corrected chi connectivity index (χ0v) is 17.1. The van der Waals surface area contributed by atoms with Gasteiger partial charge in [0, 0.05) is 18.8 Å². The van der Waals surface area contributed by atoms with Crippen molar-refractivity contribution in [1.82, 2.24) is 4.31 Å². The van der Waals surface area contributed by atoms with Crippen molar-refractivity contribution in [3.63, 3.8) is 0 Å². The van der Waals surface area contributed by atoms with Crippen LogP contribution in [0.1, 0.15) is 47.0 Å². The van der Waals surface area contributed by atoms with Crippen LogP contribution in [-0.2, 0) is 24.3 Å². The Morgan fingerprint density at radius 1 is 1.15 bits per heavy atom. The van der Waals surface area contributed by atoms with Gasteiger partial charge in [-0.15, -0.1) is 0 Å². The van der Waals surface area contributed by atoms with Gasteiger partial charge in [0.25, 0.3) is 5.91 Å². The number of carbonyl (C=O) groups excluding carboxylic acids is 2. The molecule has 0 saturated carbocycles. The molecule has 0 aliphatic carbocycles. The molecule has 150 valence electrons. The monoisotopic (exact) mass is 396 g/mol. The number of hydrogen-bond acceptors (Lipinski definition) is 5. The lowest BCUT2D eigenvalue weighted by molar-refractivity contribution is -0.154. The summed E-state index contributed by atoms with van der Waals surface area (Å²) in [4.78, 5) is 24.2. The Labute approximate surface area is 161 Å². The molecule has 0 radical (unpaired) electrons. The summed E-state index contributed by atoms with van der Waals surface area (Å²) in [5.74, 6) is -0.899. The van der Waals surface area contributed by atoms with Gasteiger partial charge in [-0.25, -0.2) is 8.42 Å². The van der Waals surface area contributed by atoms with Gasteiger partial charge in [0.2, 0.25) is 10.0 Å². The molecule has 8 heteroatoms.